The monoisotopic (exact) mass is 175 g/mol. The first-order valence-electron chi connectivity index (χ1n) is 4.22. The summed E-state index contributed by atoms with van der Waals surface area (Å²) in [6.45, 7) is 8.17. The maximum Gasteiger partial charge on any atom is 0.434 e. The summed E-state index contributed by atoms with van der Waals surface area (Å²) in [6, 6.07) is 0.00370. The number of ether oxygens (including phenoxy) is 1. The molecule has 0 N–H and O–H groups in total. The van der Waals surface area contributed by atoms with Crippen LogP contribution in [0.5, 0.6) is 0 Å². The zero-order valence-electron chi connectivity index (χ0n) is 8.16. The second kappa shape index (κ2) is 5.83. The molecule has 4 heteroatoms. The maximum absolute atomic E-state index is 11.2. The van der Waals surface area contributed by atoms with Crippen molar-refractivity contribution in [3.8, 4) is 0 Å². The zero-order valence-corrected chi connectivity index (χ0v) is 8.16. The summed E-state index contributed by atoms with van der Waals surface area (Å²) in [4.78, 5) is 16.2. The Morgan fingerprint density at radius 2 is 1.92 bits per heavy atom. The summed E-state index contributed by atoms with van der Waals surface area (Å²) in [5.41, 5.74) is 0. The van der Waals surface area contributed by atoms with E-state index in [-0.39, 0.29) is 6.04 Å². The van der Waals surface area contributed by atoms with Crippen LogP contribution < -0.4 is 0 Å². The summed E-state index contributed by atoms with van der Waals surface area (Å²) in [7, 11) is 0. The minimum absolute atomic E-state index is 0.00370. The second-order valence-electron chi connectivity index (χ2n) is 2.54. The molecule has 0 aromatic heterocycles. The van der Waals surface area contributed by atoms with Gasteiger partial charge in [0.2, 0.25) is 0 Å². The Bertz CT molecular complexity index is 136. The van der Waals surface area contributed by atoms with E-state index in [0.29, 0.717) is 13.2 Å². The van der Waals surface area contributed by atoms with Gasteiger partial charge in [0.05, 0.1) is 19.3 Å². The van der Waals surface area contributed by atoms with Gasteiger partial charge in [0, 0.05) is 0 Å². The number of carbonyl (C=O) groups is 1. The lowest BCUT2D eigenvalue weighted by molar-refractivity contribution is -0.150. The maximum atomic E-state index is 11.2. The van der Waals surface area contributed by atoms with Gasteiger partial charge in [0.25, 0.3) is 0 Å². The molecule has 0 spiro atoms. The van der Waals surface area contributed by atoms with Crippen molar-refractivity contribution in [2.45, 2.75) is 33.7 Å². The van der Waals surface area contributed by atoms with Gasteiger partial charge in [-0.2, -0.15) is 5.06 Å². The lowest BCUT2D eigenvalue weighted by Gasteiger charge is -2.23. The largest absolute Gasteiger partial charge is 0.448 e. The highest BCUT2D eigenvalue weighted by Crippen LogP contribution is 2.02. The first-order valence-corrected chi connectivity index (χ1v) is 4.22. The van der Waals surface area contributed by atoms with Crippen molar-refractivity contribution in [1.82, 2.24) is 5.06 Å². The SMILES string of the molecule is CCOC(=O)N(OCC)C(C)C. The van der Waals surface area contributed by atoms with E-state index in [1.165, 1.54) is 5.06 Å². The zero-order chi connectivity index (χ0) is 9.56. The van der Waals surface area contributed by atoms with Crippen LogP contribution in [-0.4, -0.2) is 30.4 Å². The van der Waals surface area contributed by atoms with Gasteiger partial charge in [-0.3, -0.25) is 4.84 Å². The van der Waals surface area contributed by atoms with Crippen LogP contribution in [0.3, 0.4) is 0 Å². The molecule has 4 nitrogen and oxygen atoms in total. The molecule has 0 aliphatic rings. The Kier molecular flexibility index (Phi) is 5.45. The molecule has 0 unspecified atom stereocenters. The van der Waals surface area contributed by atoms with Crippen LogP contribution in [-0.2, 0) is 9.57 Å². The predicted molar refractivity (Wildman–Crippen MR) is 45.6 cm³/mol. The van der Waals surface area contributed by atoms with E-state index in [2.05, 4.69) is 0 Å². The van der Waals surface area contributed by atoms with Crippen LogP contribution in [0.4, 0.5) is 4.79 Å². The van der Waals surface area contributed by atoms with Gasteiger partial charge in [-0.15, -0.1) is 0 Å². The molecule has 0 fully saturated rings. The number of nitrogens with zero attached hydrogens (tertiary/aromatic N) is 1. The van der Waals surface area contributed by atoms with E-state index in [1.807, 2.05) is 20.8 Å². The Hall–Kier alpha value is -0.770. The van der Waals surface area contributed by atoms with Crippen molar-refractivity contribution in [3.05, 3.63) is 0 Å². The van der Waals surface area contributed by atoms with E-state index < -0.39 is 6.09 Å². The molecule has 0 aliphatic carbocycles. The van der Waals surface area contributed by atoms with Crippen LogP contribution in [0.1, 0.15) is 27.7 Å². The third kappa shape index (κ3) is 3.57. The molecule has 0 rings (SSSR count). The molecule has 0 bridgehead atoms. The topological polar surface area (TPSA) is 38.8 Å². The summed E-state index contributed by atoms with van der Waals surface area (Å²) in [5.74, 6) is 0. The van der Waals surface area contributed by atoms with Crippen LogP contribution >= 0.6 is 0 Å². The van der Waals surface area contributed by atoms with Crippen LogP contribution in [0.2, 0.25) is 0 Å². The third-order valence-electron chi connectivity index (χ3n) is 1.18. The van der Waals surface area contributed by atoms with Gasteiger partial charge in [0.15, 0.2) is 0 Å². The molecule has 0 saturated heterocycles. The first-order chi connectivity index (χ1) is 5.63. The van der Waals surface area contributed by atoms with E-state index in [0.717, 1.165) is 0 Å². The van der Waals surface area contributed by atoms with Gasteiger partial charge in [0.1, 0.15) is 0 Å². The Balaban J connectivity index is 4.00. The standard InChI is InChI=1S/C8H17NO3/c1-5-11-8(10)9(7(3)4)12-6-2/h7H,5-6H2,1-4H3. The second-order valence-corrected chi connectivity index (χ2v) is 2.54. The van der Waals surface area contributed by atoms with E-state index in [4.69, 9.17) is 9.57 Å². The fourth-order valence-electron chi connectivity index (χ4n) is 0.739. The van der Waals surface area contributed by atoms with Crippen LogP contribution in [0.25, 0.3) is 0 Å². The summed E-state index contributed by atoms with van der Waals surface area (Å²) in [6.07, 6.45) is -0.422. The fourth-order valence-corrected chi connectivity index (χ4v) is 0.739. The van der Waals surface area contributed by atoms with Gasteiger partial charge >= 0.3 is 6.09 Å². The number of hydrogen-bond acceptors (Lipinski definition) is 3. The van der Waals surface area contributed by atoms with Crippen molar-refractivity contribution in [2.75, 3.05) is 13.2 Å². The van der Waals surface area contributed by atoms with Crippen LogP contribution in [0, 0.1) is 0 Å². The molecule has 0 atom stereocenters. The van der Waals surface area contributed by atoms with Crippen molar-refractivity contribution in [2.24, 2.45) is 0 Å². The molecule has 0 radical (unpaired) electrons. The Labute approximate surface area is 73.4 Å². The molecule has 72 valence electrons. The molecule has 0 aromatic carbocycles. The number of hydroxylamine groups is 2. The molecule has 0 saturated carbocycles. The average molecular weight is 175 g/mol. The lowest BCUT2D eigenvalue weighted by Crippen LogP contribution is -2.37. The third-order valence-corrected chi connectivity index (χ3v) is 1.18. The molecular formula is C8H17NO3. The molecule has 1 amide bonds. The van der Waals surface area contributed by atoms with E-state index >= 15 is 0 Å². The van der Waals surface area contributed by atoms with Gasteiger partial charge < -0.3 is 4.74 Å². The minimum atomic E-state index is -0.422. The molecule has 0 aliphatic heterocycles. The summed E-state index contributed by atoms with van der Waals surface area (Å²) < 4.78 is 4.78. The summed E-state index contributed by atoms with van der Waals surface area (Å²) in [5, 5.41) is 1.24. The lowest BCUT2D eigenvalue weighted by atomic mass is 10.4. The van der Waals surface area contributed by atoms with Gasteiger partial charge in [-0.05, 0) is 27.7 Å². The normalized spacial score (nSPS) is 10.1. The van der Waals surface area contributed by atoms with Crippen LogP contribution in [0.15, 0.2) is 0 Å². The average Bonchev–Trinajstić information content (AvgIpc) is 1.99. The van der Waals surface area contributed by atoms with Gasteiger partial charge in [-0.1, -0.05) is 0 Å². The summed E-state index contributed by atoms with van der Waals surface area (Å²) >= 11 is 0. The highest BCUT2D eigenvalue weighted by Gasteiger charge is 2.17. The minimum Gasteiger partial charge on any atom is -0.448 e. The van der Waals surface area contributed by atoms with Gasteiger partial charge in [-0.25, -0.2) is 4.79 Å². The quantitative estimate of drug-likeness (QED) is 0.611. The smallest absolute Gasteiger partial charge is 0.434 e. The number of hydrogen-bond donors (Lipinski definition) is 0. The van der Waals surface area contributed by atoms with E-state index in [1.54, 1.807) is 6.92 Å². The number of amides is 1. The number of carbonyl (C=O) groups excluding carboxylic acids is 1. The van der Waals surface area contributed by atoms with Crippen molar-refractivity contribution < 1.29 is 14.4 Å². The molecule has 0 aromatic rings. The van der Waals surface area contributed by atoms with Crippen molar-refractivity contribution in [3.63, 3.8) is 0 Å². The van der Waals surface area contributed by atoms with Crippen molar-refractivity contribution in [1.29, 1.82) is 0 Å². The highest BCUT2D eigenvalue weighted by atomic mass is 16.7. The number of rotatable bonds is 4. The van der Waals surface area contributed by atoms with E-state index in [9.17, 15) is 4.79 Å². The van der Waals surface area contributed by atoms with Crippen molar-refractivity contribution >= 4 is 6.09 Å². The predicted octanol–water partition coefficient (Wildman–Crippen LogP) is 1.80. The Morgan fingerprint density at radius 1 is 1.33 bits per heavy atom. The fraction of sp³-hybridized carbons (Fsp3) is 0.875. The highest BCUT2D eigenvalue weighted by molar-refractivity contribution is 5.66. The first kappa shape index (κ1) is 11.2. The Morgan fingerprint density at radius 3 is 2.25 bits per heavy atom. The molecular weight excluding hydrogens is 158 g/mol. The molecule has 12 heavy (non-hydrogen) atoms. The molecule has 0 heterocycles.